The van der Waals surface area contributed by atoms with Gasteiger partial charge in [-0.3, -0.25) is 0 Å². The van der Waals surface area contributed by atoms with Crippen LogP contribution in [0.5, 0.6) is 0 Å². The normalized spacial score (nSPS) is 41.9. The van der Waals surface area contributed by atoms with Gasteiger partial charge in [0.2, 0.25) is 0 Å². The van der Waals surface area contributed by atoms with Crippen molar-refractivity contribution in [3.63, 3.8) is 0 Å². The Labute approximate surface area is 95.3 Å². The molecule has 3 aliphatic heterocycles. The van der Waals surface area contributed by atoms with Gasteiger partial charge >= 0.3 is 6.03 Å². The number of likely N-dealkylation sites (N-methyl/N-ethyl adjacent to an activating group) is 1. The van der Waals surface area contributed by atoms with Crippen LogP contribution in [0.1, 0.15) is 19.8 Å². The van der Waals surface area contributed by atoms with E-state index in [0.29, 0.717) is 18.3 Å². The fraction of sp³-hybridized carbons (Fsp3) is 0.818. The van der Waals surface area contributed by atoms with E-state index in [1.54, 1.807) is 0 Å². The Morgan fingerprint density at radius 2 is 2.38 bits per heavy atom. The Morgan fingerprint density at radius 1 is 1.56 bits per heavy atom. The minimum absolute atomic E-state index is 0.139. The summed E-state index contributed by atoms with van der Waals surface area (Å²) in [5.41, 5.74) is 5.80. The molecule has 2 N–H and O–H groups in total. The number of hydrogen-bond acceptors (Lipinski definition) is 3. The molecule has 1 spiro atoms. The lowest BCUT2D eigenvalue weighted by Crippen LogP contribution is -2.62. The average Bonchev–Trinajstić information content (AvgIpc) is 2.75. The summed E-state index contributed by atoms with van der Waals surface area (Å²) in [5.74, 6) is 1.04. The van der Waals surface area contributed by atoms with Crippen molar-refractivity contribution in [3.05, 3.63) is 0 Å². The van der Waals surface area contributed by atoms with Crippen molar-refractivity contribution in [3.8, 4) is 0 Å². The molecule has 3 atom stereocenters. The second-order valence-corrected chi connectivity index (χ2v) is 4.98. The summed E-state index contributed by atoms with van der Waals surface area (Å²) in [6, 6.07) is -0.139. The number of carbonyl (C=O) groups excluding carboxylic acids is 1. The first-order valence-electron chi connectivity index (χ1n) is 6.07. The smallest absolute Gasteiger partial charge is 0.346 e. The number of amides is 2. The number of nitrogens with zero attached hydrogens (tertiary/aromatic N) is 3. The molecule has 0 aromatic rings. The third kappa shape index (κ3) is 1.04. The fourth-order valence-electron chi connectivity index (χ4n) is 3.64. The maximum absolute atomic E-state index is 11.8. The highest BCUT2D eigenvalue weighted by molar-refractivity contribution is 6.06. The molecule has 5 heteroatoms. The average molecular weight is 222 g/mol. The molecule has 2 bridgehead atoms. The van der Waals surface area contributed by atoms with E-state index in [4.69, 9.17) is 5.73 Å². The number of amidine groups is 1. The van der Waals surface area contributed by atoms with E-state index in [1.165, 1.54) is 0 Å². The monoisotopic (exact) mass is 222 g/mol. The maximum atomic E-state index is 11.8. The highest BCUT2D eigenvalue weighted by Gasteiger charge is 2.56. The van der Waals surface area contributed by atoms with E-state index in [0.717, 1.165) is 32.5 Å². The molecule has 0 aromatic heterocycles. The van der Waals surface area contributed by atoms with Crippen LogP contribution in [0.3, 0.4) is 0 Å². The van der Waals surface area contributed by atoms with Crippen LogP contribution in [0.15, 0.2) is 4.99 Å². The van der Waals surface area contributed by atoms with Gasteiger partial charge in [0.25, 0.3) is 0 Å². The van der Waals surface area contributed by atoms with Gasteiger partial charge < -0.3 is 15.5 Å². The molecule has 0 saturated carbocycles. The summed E-state index contributed by atoms with van der Waals surface area (Å²) in [7, 11) is 0. The first-order chi connectivity index (χ1) is 7.68. The summed E-state index contributed by atoms with van der Waals surface area (Å²) in [5, 5.41) is 0. The molecule has 3 heterocycles. The minimum Gasteiger partial charge on any atom is -0.385 e. The summed E-state index contributed by atoms with van der Waals surface area (Å²) >= 11 is 0. The third-order valence-corrected chi connectivity index (χ3v) is 4.45. The summed E-state index contributed by atoms with van der Waals surface area (Å²) in [6.07, 6.45) is 2.09. The van der Waals surface area contributed by atoms with Crippen molar-refractivity contribution in [1.82, 2.24) is 9.80 Å². The molecule has 5 nitrogen and oxygen atoms in total. The Morgan fingerprint density at radius 3 is 3.12 bits per heavy atom. The van der Waals surface area contributed by atoms with Crippen LogP contribution in [0.4, 0.5) is 4.79 Å². The zero-order valence-electron chi connectivity index (χ0n) is 9.65. The number of carbonyl (C=O) groups is 1. The fourth-order valence-corrected chi connectivity index (χ4v) is 3.64. The van der Waals surface area contributed by atoms with Gasteiger partial charge in [-0.15, -0.1) is 0 Å². The van der Waals surface area contributed by atoms with Crippen molar-refractivity contribution in [2.24, 2.45) is 16.6 Å². The first kappa shape index (κ1) is 10.1. The zero-order valence-corrected chi connectivity index (χ0v) is 9.65. The molecule has 16 heavy (non-hydrogen) atoms. The first-order valence-corrected chi connectivity index (χ1v) is 6.07. The Balaban J connectivity index is 2.02. The van der Waals surface area contributed by atoms with E-state index in [1.807, 2.05) is 11.8 Å². The van der Waals surface area contributed by atoms with Crippen LogP contribution in [0.25, 0.3) is 0 Å². The van der Waals surface area contributed by atoms with E-state index >= 15 is 0 Å². The molecule has 3 aliphatic rings. The molecule has 2 fully saturated rings. The van der Waals surface area contributed by atoms with Gasteiger partial charge in [0.15, 0.2) is 0 Å². The highest BCUT2D eigenvalue weighted by atomic mass is 16.2. The summed E-state index contributed by atoms with van der Waals surface area (Å²) < 4.78 is 0. The number of fused-ring (bicyclic) bond motifs is 3. The van der Waals surface area contributed by atoms with Crippen molar-refractivity contribution in [2.75, 3.05) is 26.2 Å². The van der Waals surface area contributed by atoms with Crippen molar-refractivity contribution in [2.45, 2.75) is 25.3 Å². The standard InChI is InChI=1S/C11H18N4O/c1-2-15-10(16)13-9(12)11(15)4-6-14-5-3-8(11)7-14/h8H,2-7H2,1H3,(H2,12,13,16). The van der Waals surface area contributed by atoms with Crippen LogP contribution in [-0.4, -0.2) is 53.4 Å². The van der Waals surface area contributed by atoms with E-state index in [9.17, 15) is 4.79 Å². The predicted molar refractivity (Wildman–Crippen MR) is 61.3 cm³/mol. The molecule has 88 valence electrons. The molecular weight excluding hydrogens is 204 g/mol. The molecule has 3 rings (SSSR count). The third-order valence-electron chi connectivity index (χ3n) is 4.45. The topological polar surface area (TPSA) is 61.9 Å². The van der Waals surface area contributed by atoms with Gasteiger partial charge in [0.1, 0.15) is 11.4 Å². The number of hydrogen-bond donors (Lipinski definition) is 1. The Kier molecular flexibility index (Phi) is 2.01. The molecule has 3 unspecified atom stereocenters. The SMILES string of the molecule is CCN1C(=O)N=C(N)C12CCN1CCC2C1. The van der Waals surface area contributed by atoms with Gasteiger partial charge in [-0.05, 0) is 26.3 Å². The lowest BCUT2D eigenvalue weighted by Gasteiger charge is -2.45. The highest BCUT2D eigenvalue weighted by Crippen LogP contribution is 2.42. The number of piperidine rings is 1. The van der Waals surface area contributed by atoms with Crippen LogP contribution in [-0.2, 0) is 0 Å². The lowest BCUT2D eigenvalue weighted by atomic mass is 9.77. The maximum Gasteiger partial charge on any atom is 0.346 e. The van der Waals surface area contributed by atoms with Crippen LogP contribution in [0.2, 0.25) is 0 Å². The van der Waals surface area contributed by atoms with E-state index in [2.05, 4.69) is 9.89 Å². The van der Waals surface area contributed by atoms with Crippen molar-refractivity contribution >= 4 is 11.9 Å². The molecule has 0 aromatic carbocycles. The number of aliphatic imine (C=N–C) groups is 1. The Hall–Kier alpha value is -1.10. The number of nitrogens with two attached hydrogens (primary N) is 1. The van der Waals surface area contributed by atoms with E-state index in [-0.39, 0.29) is 11.6 Å². The second-order valence-electron chi connectivity index (χ2n) is 4.98. The zero-order chi connectivity index (χ0) is 11.3. The second kappa shape index (κ2) is 3.20. The molecule has 0 radical (unpaired) electrons. The van der Waals surface area contributed by atoms with Gasteiger partial charge in [-0.25, -0.2) is 4.79 Å². The molecule has 2 amide bonds. The van der Waals surface area contributed by atoms with E-state index < -0.39 is 0 Å². The quantitative estimate of drug-likeness (QED) is 0.692. The van der Waals surface area contributed by atoms with Gasteiger partial charge in [0.05, 0.1) is 0 Å². The van der Waals surface area contributed by atoms with Gasteiger partial charge in [-0.2, -0.15) is 4.99 Å². The van der Waals surface area contributed by atoms with Crippen molar-refractivity contribution < 1.29 is 4.79 Å². The lowest BCUT2D eigenvalue weighted by molar-refractivity contribution is 0.0947. The Bertz CT molecular complexity index is 367. The number of rotatable bonds is 1. The minimum atomic E-state index is -0.251. The van der Waals surface area contributed by atoms with Crippen LogP contribution in [0, 0.1) is 5.92 Å². The van der Waals surface area contributed by atoms with Crippen molar-refractivity contribution in [1.29, 1.82) is 0 Å². The number of urea groups is 1. The molecular formula is C11H18N4O. The summed E-state index contributed by atoms with van der Waals surface area (Å²) in [4.78, 5) is 20.1. The predicted octanol–water partition coefficient (Wildman–Crippen LogP) is 0.263. The molecule has 2 saturated heterocycles. The van der Waals surface area contributed by atoms with Crippen LogP contribution >= 0.6 is 0 Å². The van der Waals surface area contributed by atoms with Crippen LogP contribution < -0.4 is 5.73 Å². The molecule has 0 aliphatic carbocycles. The summed E-state index contributed by atoms with van der Waals surface area (Å²) in [6.45, 7) is 5.97. The largest absolute Gasteiger partial charge is 0.385 e. The van der Waals surface area contributed by atoms with Gasteiger partial charge in [-0.1, -0.05) is 0 Å². The van der Waals surface area contributed by atoms with Gasteiger partial charge in [0, 0.05) is 25.6 Å².